The molecule has 2 atom stereocenters. The molecule has 0 spiro atoms. The molecule has 11 nitrogen and oxygen atoms in total. The maximum absolute atomic E-state index is 13.7. The van der Waals surface area contributed by atoms with Gasteiger partial charge >= 0.3 is 5.97 Å². The number of amides is 2. The number of benzene rings is 1. The van der Waals surface area contributed by atoms with Crippen molar-refractivity contribution in [3.8, 4) is 0 Å². The minimum Gasteiger partial charge on any atom is -0.467 e. The van der Waals surface area contributed by atoms with E-state index >= 15 is 0 Å². The van der Waals surface area contributed by atoms with E-state index < -0.39 is 35.6 Å². The SMILES string of the molecule is COC(=O)[C@@H]1C[C@H](NC(=O)CCCCCNc2ncnc3nc[nH]c23)C(=O)N1c1ccc(F)c(F)c1. The average Bonchev–Trinajstić information content (AvgIpc) is 3.48. The molecule has 13 heteroatoms. The monoisotopic (exact) mass is 501 g/mol. The van der Waals surface area contributed by atoms with E-state index in [-0.39, 0.29) is 24.4 Å². The lowest BCUT2D eigenvalue weighted by atomic mass is 10.1. The lowest BCUT2D eigenvalue weighted by Crippen LogP contribution is -2.43. The number of imidazole rings is 1. The van der Waals surface area contributed by atoms with Crippen molar-refractivity contribution in [2.75, 3.05) is 23.9 Å². The van der Waals surface area contributed by atoms with E-state index in [0.29, 0.717) is 24.4 Å². The van der Waals surface area contributed by atoms with Crippen LogP contribution in [-0.2, 0) is 19.1 Å². The zero-order chi connectivity index (χ0) is 25.7. The summed E-state index contributed by atoms with van der Waals surface area (Å²) in [5.41, 5.74) is 1.30. The van der Waals surface area contributed by atoms with Crippen LogP contribution in [-0.4, -0.2) is 63.5 Å². The van der Waals surface area contributed by atoms with Crippen LogP contribution >= 0.6 is 0 Å². The van der Waals surface area contributed by atoms with Crippen LogP contribution in [0.4, 0.5) is 20.3 Å². The summed E-state index contributed by atoms with van der Waals surface area (Å²) < 4.78 is 31.8. The van der Waals surface area contributed by atoms with Crippen LogP contribution in [0.5, 0.6) is 0 Å². The van der Waals surface area contributed by atoms with Crippen LogP contribution in [0.15, 0.2) is 30.9 Å². The van der Waals surface area contributed by atoms with Crippen LogP contribution in [0.2, 0.25) is 0 Å². The number of unbranched alkanes of at least 4 members (excludes halogenated alkanes) is 2. The van der Waals surface area contributed by atoms with Gasteiger partial charge in [-0.1, -0.05) is 6.42 Å². The Labute approximate surface area is 204 Å². The fourth-order valence-corrected chi connectivity index (χ4v) is 4.11. The second-order valence-corrected chi connectivity index (χ2v) is 8.26. The number of hydrogen-bond donors (Lipinski definition) is 3. The zero-order valence-electron chi connectivity index (χ0n) is 19.5. The minimum absolute atomic E-state index is 0.00893. The van der Waals surface area contributed by atoms with E-state index in [1.54, 1.807) is 6.33 Å². The maximum atomic E-state index is 13.7. The van der Waals surface area contributed by atoms with Crippen molar-refractivity contribution in [3.05, 3.63) is 42.5 Å². The molecular formula is C23H25F2N7O4. The van der Waals surface area contributed by atoms with E-state index in [4.69, 9.17) is 4.74 Å². The number of aromatic nitrogens is 4. The highest BCUT2D eigenvalue weighted by atomic mass is 19.2. The Morgan fingerprint density at radius 1 is 1.17 bits per heavy atom. The van der Waals surface area contributed by atoms with Crippen molar-refractivity contribution in [1.29, 1.82) is 0 Å². The summed E-state index contributed by atoms with van der Waals surface area (Å²) in [7, 11) is 1.17. The van der Waals surface area contributed by atoms with Crippen molar-refractivity contribution in [1.82, 2.24) is 25.3 Å². The fourth-order valence-electron chi connectivity index (χ4n) is 4.11. The normalized spacial score (nSPS) is 17.4. The van der Waals surface area contributed by atoms with Crippen LogP contribution in [0.3, 0.4) is 0 Å². The van der Waals surface area contributed by atoms with E-state index in [9.17, 15) is 23.2 Å². The molecule has 3 heterocycles. The van der Waals surface area contributed by atoms with Crippen LogP contribution in [0.1, 0.15) is 32.1 Å². The van der Waals surface area contributed by atoms with Crippen molar-refractivity contribution in [2.24, 2.45) is 0 Å². The smallest absolute Gasteiger partial charge is 0.329 e. The second kappa shape index (κ2) is 11.1. The Balaban J connectivity index is 1.25. The Morgan fingerprint density at radius 3 is 2.78 bits per heavy atom. The highest BCUT2D eigenvalue weighted by Crippen LogP contribution is 2.29. The summed E-state index contributed by atoms with van der Waals surface area (Å²) in [6.07, 6.45) is 5.25. The summed E-state index contributed by atoms with van der Waals surface area (Å²) in [5.74, 6) is -3.23. The Bertz CT molecular complexity index is 1270. The third kappa shape index (κ3) is 5.39. The van der Waals surface area contributed by atoms with Gasteiger partial charge in [-0.3, -0.25) is 14.5 Å². The molecule has 0 aliphatic carbocycles. The van der Waals surface area contributed by atoms with E-state index in [1.807, 2.05) is 0 Å². The molecule has 0 saturated carbocycles. The molecule has 1 fully saturated rings. The number of nitrogens with zero attached hydrogens (tertiary/aromatic N) is 4. The number of carbonyl (C=O) groups excluding carboxylic acids is 3. The number of esters is 1. The molecule has 1 aromatic carbocycles. The summed E-state index contributed by atoms with van der Waals surface area (Å²) >= 11 is 0. The lowest BCUT2D eigenvalue weighted by Gasteiger charge is -2.22. The van der Waals surface area contributed by atoms with Crippen LogP contribution in [0.25, 0.3) is 11.2 Å². The first-order chi connectivity index (χ1) is 17.4. The molecular weight excluding hydrogens is 476 g/mol. The van der Waals surface area contributed by atoms with Crippen molar-refractivity contribution >= 4 is 40.5 Å². The molecule has 2 aromatic heterocycles. The summed E-state index contributed by atoms with van der Waals surface area (Å²) in [6, 6.07) is 0.858. The first-order valence-corrected chi connectivity index (χ1v) is 11.4. The molecule has 1 aliphatic rings. The van der Waals surface area contributed by atoms with E-state index in [2.05, 4.69) is 30.6 Å². The second-order valence-electron chi connectivity index (χ2n) is 8.26. The summed E-state index contributed by atoms with van der Waals surface area (Å²) in [5, 5.41) is 5.86. The van der Waals surface area contributed by atoms with E-state index in [0.717, 1.165) is 35.4 Å². The van der Waals surface area contributed by atoms with Gasteiger partial charge in [-0.15, -0.1) is 0 Å². The molecule has 0 bridgehead atoms. The Kier molecular flexibility index (Phi) is 7.66. The highest BCUT2D eigenvalue weighted by molar-refractivity contribution is 6.07. The van der Waals surface area contributed by atoms with Crippen LogP contribution in [0, 0.1) is 11.6 Å². The molecule has 1 saturated heterocycles. The number of methoxy groups -OCH3 is 1. The number of H-pyrrole nitrogens is 1. The predicted molar refractivity (Wildman–Crippen MR) is 125 cm³/mol. The maximum Gasteiger partial charge on any atom is 0.329 e. The number of halogens is 2. The minimum atomic E-state index is -1.15. The highest BCUT2D eigenvalue weighted by Gasteiger charge is 2.45. The third-order valence-corrected chi connectivity index (χ3v) is 5.89. The van der Waals surface area contributed by atoms with Gasteiger partial charge in [-0.25, -0.2) is 28.5 Å². The number of hydrogen-bond acceptors (Lipinski definition) is 8. The molecule has 0 unspecified atom stereocenters. The summed E-state index contributed by atoms with van der Waals surface area (Å²) in [4.78, 5) is 54.0. The molecule has 2 amide bonds. The number of nitrogens with one attached hydrogen (secondary N) is 3. The first kappa shape index (κ1) is 24.9. The van der Waals surface area contributed by atoms with Gasteiger partial charge in [-0.2, -0.15) is 0 Å². The molecule has 3 N–H and O–H groups in total. The predicted octanol–water partition coefficient (Wildman–Crippen LogP) is 2.07. The van der Waals surface area contributed by atoms with Crippen molar-refractivity contribution < 1.29 is 27.9 Å². The number of rotatable bonds is 10. The van der Waals surface area contributed by atoms with Gasteiger partial charge in [0.1, 0.15) is 23.9 Å². The molecule has 36 heavy (non-hydrogen) atoms. The quantitative estimate of drug-likeness (QED) is 0.283. The summed E-state index contributed by atoms with van der Waals surface area (Å²) in [6.45, 7) is 0.637. The standard InChI is InChI=1S/C23H25F2N7O4/c1-36-23(35)17-10-16(22(34)32(17)13-6-7-14(24)15(25)9-13)31-18(33)5-3-2-4-8-26-20-19-21(28-11-27-19)30-12-29-20/h6-7,9,11-12,16-17H,2-5,8,10H2,1H3,(H,31,33)(H2,26,27,28,29,30)/t16-,17-/m0/s1. The number of carbonyl (C=O) groups is 3. The number of anilines is 2. The molecule has 0 radical (unpaired) electrons. The van der Waals surface area contributed by atoms with E-state index in [1.165, 1.54) is 19.5 Å². The topological polar surface area (TPSA) is 142 Å². The lowest BCUT2D eigenvalue weighted by molar-refractivity contribution is -0.142. The molecule has 1 aliphatic heterocycles. The van der Waals surface area contributed by atoms with Crippen molar-refractivity contribution in [2.45, 2.75) is 44.2 Å². The van der Waals surface area contributed by atoms with Crippen molar-refractivity contribution in [3.63, 3.8) is 0 Å². The number of ether oxygens (including phenoxy) is 1. The molecule has 3 aromatic rings. The number of fused-ring (bicyclic) bond motifs is 1. The first-order valence-electron chi connectivity index (χ1n) is 11.4. The van der Waals surface area contributed by atoms with Gasteiger partial charge in [-0.05, 0) is 25.0 Å². The molecule has 4 rings (SSSR count). The van der Waals surface area contributed by atoms with Crippen LogP contribution < -0.4 is 15.5 Å². The Morgan fingerprint density at radius 2 is 2.00 bits per heavy atom. The van der Waals surface area contributed by atoms with Gasteiger partial charge in [0.2, 0.25) is 11.8 Å². The Hall–Kier alpha value is -4.16. The fraction of sp³-hybridized carbons (Fsp3) is 0.391. The van der Waals surface area contributed by atoms with Gasteiger partial charge in [0.05, 0.1) is 13.4 Å². The van der Waals surface area contributed by atoms with Gasteiger partial charge in [0.25, 0.3) is 0 Å². The average molecular weight is 501 g/mol. The molecule has 190 valence electrons. The largest absolute Gasteiger partial charge is 0.467 e. The number of aromatic amines is 1. The van der Waals surface area contributed by atoms with Gasteiger partial charge < -0.3 is 20.4 Å². The van der Waals surface area contributed by atoms with Gasteiger partial charge in [0.15, 0.2) is 23.1 Å². The van der Waals surface area contributed by atoms with Gasteiger partial charge in [0, 0.05) is 31.1 Å². The zero-order valence-corrected chi connectivity index (χ0v) is 19.5. The third-order valence-electron chi connectivity index (χ3n) is 5.89.